The van der Waals surface area contributed by atoms with E-state index in [9.17, 15) is 9.59 Å². The van der Waals surface area contributed by atoms with E-state index in [4.69, 9.17) is 21.1 Å². The summed E-state index contributed by atoms with van der Waals surface area (Å²) in [5, 5.41) is 3.10. The molecule has 0 unspecified atom stereocenters. The Bertz CT molecular complexity index is 774. The van der Waals surface area contributed by atoms with Crippen molar-refractivity contribution in [3.8, 4) is 5.75 Å². The zero-order valence-corrected chi connectivity index (χ0v) is 14.4. The van der Waals surface area contributed by atoms with Gasteiger partial charge in [-0.2, -0.15) is 0 Å². The molecule has 6 heteroatoms. The van der Waals surface area contributed by atoms with Crippen molar-refractivity contribution in [3.63, 3.8) is 0 Å². The van der Waals surface area contributed by atoms with Crippen LogP contribution < -0.4 is 10.1 Å². The number of esters is 1. The van der Waals surface area contributed by atoms with E-state index in [0.29, 0.717) is 16.5 Å². The summed E-state index contributed by atoms with van der Waals surface area (Å²) in [5.41, 5.74) is 2.81. The topological polar surface area (TPSA) is 64.6 Å². The largest absolute Gasteiger partial charge is 0.496 e. The molecule has 0 aliphatic rings. The lowest BCUT2D eigenvalue weighted by molar-refractivity contribution is -0.119. The normalized spacial score (nSPS) is 10.2. The van der Waals surface area contributed by atoms with Crippen LogP contribution in [0.1, 0.15) is 21.5 Å². The third-order valence-electron chi connectivity index (χ3n) is 3.38. The highest BCUT2D eigenvalue weighted by molar-refractivity contribution is 6.31. The van der Waals surface area contributed by atoms with Crippen LogP contribution in [0.15, 0.2) is 36.4 Å². The second-order valence-corrected chi connectivity index (χ2v) is 5.72. The van der Waals surface area contributed by atoms with Gasteiger partial charge in [0.25, 0.3) is 5.91 Å². The molecule has 0 aliphatic carbocycles. The maximum atomic E-state index is 12.1. The van der Waals surface area contributed by atoms with Gasteiger partial charge in [-0.25, -0.2) is 4.79 Å². The van der Waals surface area contributed by atoms with Gasteiger partial charge < -0.3 is 14.8 Å². The van der Waals surface area contributed by atoms with Crippen molar-refractivity contribution in [2.45, 2.75) is 13.8 Å². The molecule has 0 heterocycles. The average Bonchev–Trinajstić information content (AvgIpc) is 2.56. The summed E-state index contributed by atoms with van der Waals surface area (Å²) in [5.74, 6) is -0.761. The van der Waals surface area contributed by atoms with Crippen molar-refractivity contribution in [2.24, 2.45) is 0 Å². The minimum atomic E-state index is -0.675. The molecule has 24 heavy (non-hydrogen) atoms. The van der Waals surface area contributed by atoms with Crippen molar-refractivity contribution in [3.05, 3.63) is 58.1 Å². The summed E-state index contributed by atoms with van der Waals surface area (Å²) >= 11 is 5.88. The minimum absolute atomic E-state index is 0.171. The summed E-state index contributed by atoms with van der Waals surface area (Å²) in [6.07, 6.45) is 0. The lowest BCUT2D eigenvalue weighted by atomic mass is 10.1. The molecule has 0 aromatic heterocycles. The smallest absolute Gasteiger partial charge is 0.342 e. The van der Waals surface area contributed by atoms with Gasteiger partial charge in [-0.1, -0.05) is 23.7 Å². The predicted octanol–water partition coefficient (Wildman–Crippen LogP) is 3.76. The molecule has 0 radical (unpaired) electrons. The van der Waals surface area contributed by atoms with E-state index in [-0.39, 0.29) is 5.56 Å². The number of methoxy groups -OCH3 is 1. The van der Waals surface area contributed by atoms with Crippen molar-refractivity contribution < 1.29 is 19.1 Å². The van der Waals surface area contributed by atoms with E-state index in [1.54, 1.807) is 12.1 Å². The van der Waals surface area contributed by atoms with Crippen molar-refractivity contribution >= 4 is 29.2 Å². The van der Waals surface area contributed by atoms with Crippen LogP contribution in [0.5, 0.6) is 5.75 Å². The first-order valence-corrected chi connectivity index (χ1v) is 7.66. The number of rotatable bonds is 5. The quantitative estimate of drug-likeness (QED) is 0.836. The number of hydrogen-bond acceptors (Lipinski definition) is 4. The highest BCUT2D eigenvalue weighted by atomic mass is 35.5. The third kappa shape index (κ3) is 4.49. The zero-order chi connectivity index (χ0) is 17.7. The monoisotopic (exact) mass is 347 g/mol. The first-order chi connectivity index (χ1) is 11.4. The Morgan fingerprint density at radius 1 is 1.12 bits per heavy atom. The molecule has 1 amide bonds. The fourth-order valence-electron chi connectivity index (χ4n) is 2.11. The van der Waals surface area contributed by atoms with Crippen LogP contribution in [-0.4, -0.2) is 25.6 Å². The second-order valence-electron chi connectivity index (χ2n) is 5.29. The van der Waals surface area contributed by atoms with Crippen LogP contribution in [0, 0.1) is 13.8 Å². The van der Waals surface area contributed by atoms with Gasteiger partial charge in [-0.3, -0.25) is 4.79 Å². The molecule has 0 spiro atoms. The predicted molar refractivity (Wildman–Crippen MR) is 92.8 cm³/mol. The van der Waals surface area contributed by atoms with Crippen LogP contribution >= 0.6 is 11.6 Å². The fourth-order valence-corrected chi connectivity index (χ4v) is 2.28. The Balaban J connectivity index is 2.00. The van der Waals surface area contributed by atoms with Crippen molar-refractivity contribution in [1.29, 1.82) is 0 Å². The van der Waals surface area contributed by atoms with Gasteiger partial charge in [0.05, 0.1) is 7.11 Å². The van der Waals surface area contributed by atoms with E-state index in [1.807, 2.05) is 32.0 Å². The van der Waals surface area contributed by atoms with Gasteiger partial charge in [-0.15, -0.1) is 0 Å². The summed E-state index contributed by atoms with van der Waals surface area (Å²) in [7, 11) is 1.44. The number of nitrogens with one attached hydrogen (secondary N) is 1. The molecule has 0 atom stereocenters. The number of carbonyl (C=O) groups is 2. The standard InChI is InChI=1S/C18H18ClNO4/c1-11-4-5-12(2)15(8-11)20-17(21)10-24-18(22)14-9-13(19)6-7-16(14)23-3/h4-9H,10H2,1-3H3,(H,20,21). The van der Waals surface area contributed by atoms with Crippen molar-refractivity contribution in [2.75, 3.05) is 19.0 Å². The number of halogens is 1. The van der Waals surface area contributed by atoms with E-state index in [2.05, 4.69) is 5.32 Å². The number of aryl methyl sites for hydroxylation is 2. The van der Waals surface area contributed by atoms with E-state index >= 15 is 0 Å². The van der Waals surface area contributed by atoms with Gasteiger partial charge >= 0.3 is 5.97 Å². The summed E-state index contributed by atoms with van der Waals surface area (Å²) in [6, 6.07) is 10.3. The van der Waals surface area contributed by atoms with Gasteiger partial charge in [0.1, 0.15) is 11.3 Å². The molecule has 0 saturated heterocycles. The van der Waals surface area contributed by atoms with Crippen LogP contribution in [0.3, 0.4) is 0 Å². The Kier molecular flexibility index (Phi) is 5.82. The average molecular weight is 348 g/mol. The Hall–Kier alpha value is -2.53. The number of hydrogen-bond donors (Lipinski definition) is 1. The number of carbonyl (C=O) groups excluding carboxylic acids is 2. The molecule has 0 aliphatic heterocycles. The third-order valence-corrected chi connectivity index (χ3v) is 3.62. The Labute approximate surface area is 145 Å². The molecule has 0 bridgehead atoms. The molecular weight excluding hydrogens is 330 g/mol. The molecule has 0 fully saturated rings. The first kappa shape index (κ1) is 17.8. The number of amides is 1. The summed E-state index contributed by atoms with van der Waals surface area (Å²) in [6.45, 7) is 3.42. The zero-order valence-electron chi connectivity index (χ0n) is 13.7. The Morgan fingerprint density at radius 2 is 1.88 bits per heavy atom. The summed E-state index contributed by atoms with van der Waals surface area (Å²) in [4.78, 5) is 24.1. The lowest BCUT2D eigenvalue weighted by Gasteiger charge is -2.11. The maximum Gasteiger partial charge on any atom is 0.342 e. The maximum absolute atomic E-state index is 12.1. The summed E-state index contributed by atoms with van der Waals surface area (Å²) < 4.78 is 10.1. The number of anilines is 1. The Morgan fingerprint density at radius 3 is 2.58 bits per heavy atom. The van der Waals surface area contributed by atoms with Crippen LogP contribution in [0.2, 0.25) is 5.02 Å². The molecule has 1 N–H and O–H groups in total. The van der Waals surface area contributed by atoms with Gasteiger partial charge in [0.2, 0.25) is 0 Å². The van der Waals surface area contributed by atoms with E-state index in [1.165, 1.54) is 13.2 Å². The van der Waals surface area contributed by atoms with Gasteiger partial charge in [-0.05, 0) is 49.2 Å². The molecule has 126 valence electrons. The molecular formula is C18H18ClNO4. The number of ether oxygens (including phenoxy) is 2. The van der Waals surface area contributed by atoms with Gasteiger partial charge in [0.15, 0.2) is 6.61 Å². The molecule has 5 nitrogen and oxygen atoms in total. The van der Waals surface area contributed by atoms with E-state index in [0.717, 1.165) is 11.1 Å². The number of benzene rings is 2. The van der Waals surface area contributed by atoms with Gasteiger partial charge in [0, 0.05) is 10.7 Å². The van der Waals surface area contributed by atoms with Crippen LogP contribution in [0.25, 0.3) is 0 Å². The highest BCUT2D eigenvalue weighted by Crippen LogP contribution is 2.23. The molecule has 2 aromatic rings. The highest BCUT2D eigenvalue weighted by Gasteiger charge is 2.16. The lowest BCUT2D eigenvalue weighted by Crippen LogP contribution is -2.21. The van der Waals surface area contributed by atoms with Crippen molar-refractivity contribution in [1.82, 2.24) is 0 Å². The van der Waals surface area contributed by atoms with E-state index < -0.39 is 18.5 Å². The second kappa shape index (κ2) is 7.84. The van der Waals surface area contributed by atoms with Crippen LogP contribution in [0.4, 0.5) is 5.69 Å². The molecule has 0 saturated carbocycles. The van der Waals surface area contributed by atoms with Crippen LogP contribution in [-0.2, 0) is 9.53 Å². The fraction of sp³-hybridized carbons (Fsp3) is 0.222. The molecule has 2 aromatic carbocycles. The SMILES string of the molecule is COc1ccc(Cl)cc1C(=O)OCC(=O)Nc1cc(C)ccc1C. The minimum Gasteiger partial charge on any atom is -0.496 e. The molecule has 2 rings (SSSR count). The first-order valence-electron chi connectivity index (χ1n) is 7.28.